The van der Waals surface area contributed by atoms with E-state index in [1.165, 1.54) is 17.1 Å². The minimum atomic E-state index is -0.441. The van der Waals surface area contributed by atoms with Crippen LogP contribution in [0.5, 0.6) is 0 Å². The molecular formula is C22H29N7O2. The van der Waals surface area contributed by atoms with Crippen LogP contribution in [-0.2, 0) is 6.42 Å². The van der Waals surface area contributed by atoms with E-state index in [9.17, 15) is 10.1 Å². The number of fused-ring (bicyclic) bond motifs is 1. The summed E-state index contributed by atoms with van der Waals surface area (Å²) in [5.41, 5.74) is 7.98. The fourth-order valence-electron chi connectivity index (χ4n) is 4.28. The lowest BCUT2D eigenvalue weighted by atomic mass is 9.82. The van der Waals surface area contributed by atoms with Gasteiger partial charge in [-0.15, -0.1) is 0 Å². The van der Waals surface area contributed by atoms with Crippen molar-refractivity contribution in [2.24, 2.45) is 17.6 Å². The van der Waals surface area contributed by atoms with Crippen molar-refractivity contribution in [2.45, 2.75) is 32.1 Å². The SMILES string of the molecule is NCC1CCC(CNc2nc(NCCc3c[nH]c4ccccc34)ncc2[N+](=O)[O-])CC1. The zero-order valence-electron chi connectivity index (χ0n) is 17.5. The molecule has 0 atom stereocenters. The Kier molecular flexibility index (Phi) is 6.61. The first-order valence-corrected chi connectivity index (χ1v) is 10.9. The summed E-state index contributed by atoms with van der Waals surface area (Å²) in [5.74, 6) is 1.75. The number of nitrogens with two attached hydrogens (primary N) is 1. The number of aromatic nitrogens is 3. The van der Waals surface area contributed by atoms with E-state index < -0.39 is 4.92 Å². The number of nitrogens with one attached hydrogen (secondary N) is 3. The van der Waals surface area contributed by atoms with Crippen molar-refractivity contribution in [1.82, 2.24) is 15.0 Å². The molecule has 4 rings (SSSR count). The van der Waals surface area contributed by atoms with Gasteiger partial charge in [0.1, 0.15) is 6.20 Å². The Morgan fingerprint density at radius 3 is 2.71 bits per heavy atom. The number of rotatable bonds is 9. The van der Waals surface area contributed by atoms with Crippen LogP contribution in [0.1, 0.15) is 31.2 Å². The van der Waals surface area contributed by atoms with Crippen molar-refractivity contribution < 1.29 is 4.92 Å². The van der Waals surface area contributed by atoms with Crippen LogP contribution < -0.4 is 16.4 Å². The highest BCUT2D eigenvalue weighted by Crippen LogP contribution is 2.29. The van der Waals surface area contributed by atoms with Gasteiger partial charge >= 0.3 is 5.69 Å². The summed E-state index contributed by atoms with van der Waals surface area (Å²) in [7, 11) is 0. The molecule has 0 bridgehead atoms. The predicted octanol–water partition coefficient (Wildman–Crippen LogP) is 3.70. The molecule has 5 N–H and O–H groups in total. The summed E-state index contributed by atoms with van der Waals surface area (Å²) in [6.45, 7) is 2.04. The maximum absolute atomic E-state index is 11.4. The molecule has 0 unspecified atom stereocenters. The molecule has 9 heteroatoms. The van der Waals surface area contributed by atoms with Gasteiger partial charge in [0.15, 0.2) is 0 Å². The number of nitro groups is 1. The van der Waals surface area contributed by atoms with Crippen LogP contribution >= 0.6 is 0 Å². The molecule has 2 aromatic heterocycles. The molecule has 0 spiro atoms. The molecule has 0 saturated heterocycles. The molecule has 1 aromatic carbocycles. The first kappa shape index (κ1) is 21.0. The summed E-state index contributed by atoms with van der Waals surface area (Å²) in [6, 6.07) is 8.16. The minimum absolute atomic E-state index is 0.0992. The number of para-hydroxylation sites is 1. The van der Waals surface area contributed by atoms with Crippen molar-refractivity contribution in [2.75, 3.05) is 30.3 Å². The molecule has 0 aliphatic heterocycles. The lowest BCUT2D eigenvalue weighted by Gasteiger charge is -2.27. The van der Waals surface area contributed by atoms with E-state index in [2.05, 4.69) is 31.7 Å². The van der Waals surface area contributed by atoms with Crippen molar-refractivity contribution in [3.05, 3.63) is 52.3 Å². The first-order valence-electron chi connectivity index (χ1n) is 10.9. The molecule has 1 fully saturated rings. The van der Waals surface area contributed by atoms with Crippen molar-refractivity contribution in [3.63, 3.8) is 0 Å². The summed E-state index contributed by atoms with van der Waals surface area (Å²) in [4.78, 5) is 22.8. The van der Waals surface area contributed by atoms with Gasteiger partial charge in [-0.3, -0.25) is 10.1 Å². The Morgan fingerprint density at radius 1 is 1.16 bits per heavy atom. The molecule has 0 radical (unpaired) electrons. The summed E-state index contributed by atoms with van der Waals surface area (Å²) in [5, 5.41) is 19.0. The van der Waals surface area contributed by atoms with E-state index in [4.69, 9.17) is 5.73 Å². The number of benzene rings is 1. The Balaban J connectivity index is 1.36. The molecule has 1 saturated carbocycles. The van der Waals surface area contributed by atoms with E-state index >= 15 is 0 Å². The molecule has 0 amide bonds. The second-order valence-electron chi connectivity index (χ2n) is 8.22. The third-order valence-electron chi connectivity index (χ3n) is 6.18. The third kappa shape index (κ3) is 5.11. The Hall–Kier alpha value is -3.20. The van der Waals surface area contributed by atoms with Crippen LogP contribution in [0.25, 0.3) is 10.9 Å². The highest BCUT2D eigenvalue weighted by molar-refractivity contribution is 5.83. The molecule has 3 aromatic rings. The average Bonchev–Trinajstić information content (AvgIpc) is 3.21. The lowest BCUT2D eigenvalue weighted by Crippen LogP contribution is -2.25. The van der Waals surface area contributed by atoms with Gasteiger partial charge in [-0.05, 0) is 62.1 Å². The number of nitrogens with zero attached hydrogens (tertiary/aromatic N) is 3. The summed E-state index contributed by atoms with van der Waals surface area (Å²) >= 11 is 0. The van der Waals surface area contributed by atoms with Crippen molar-refractivity contribution in [3.8, 4) is 0 Å². The number of H-pyrrole nitrogens is 1. The molecular weight excluding hydrogens is 394 g/mol. The second-order valence-corrected chi connectivity index (χ2v) is 8.22. The quantitative estimate of drug-likeness (QED) is 0.304. The van der Waals surface area contributed by atoms with E-state index in [0.717, 1.165) is 44.2 Å². The van der Waals surface area contributed by atoms with Crippen molar-refractivity contribution >= 4 is 28.4 Å². The smallest absolute Gasteiger partial charge is 0.329 e. The normalized spacial score (nSPS) is 18.7. The summed E-state index contributed by atoms with van der Waals surface area (Å²) in [6.07, 6.45) is 8.49. The molecule has 2 heterocycles. The second kappa shape index (κ2) is 9.74. The first-order chi connectivity index (χ1) is 15.1. The maximum Gasteiger partial charge on any atom is 0.329 e. The topological polar surface area (TPSA) is 135 Å². The van der Waals surface area contributed by atoms with Gasteiger partial charge in [-0.2, -0.15) is 4.98 Å². The fraction of sp³-hybridized carbons (Fsp3) is 0.455. The zero-order valence-corrected chi connectivity index (χ0v) is 17.5. The summed E-state index contributed by atoms with van der Waals surface area (Å²) < 4.78 is 0. The van der Waals surface area contributed by atoms with Gasteiger partial charge in [-0.1, -0.05) is 18.2 Å². The lowest BCUT2D eigenvalue weighted by molar-refractivity contribution is -0.384. The van der Waals surface area contributed by atoms with Gasteiger partial charge in [0, 0.05) is 30.2 Å². The minimum Gasteiger partial charge on any atom is -0.364 e. The van der Waals surface area contributed by atoms with Crippen LogP contribution in [0.3, 0.4) is 0 Å². The van der Waals surface area contributed by atoms with Gasteiger partial charge in [0.2, 0.25) is 11.8 Å². The van der Waals surface area contributed by atoms with Gasteiger partial charge in [-0.25, -0.2) is 4.98 Å². The molecule has 9 nitrogen and oxygen atoms in total. The van der Waals surface area contributed by atoms with E-state index in [1.807, 2.05) is 24.4 Å². The number of hydrogen-bond donors (Lipinski definition) is 4. The Morgan fingerprint density at radius 2 is 1.94 bits per heavy atom. The van der Waals surface area contributed by atoms with E-state index in [0.29, 0.717) is 30.9 Å². The monoisotopic (exact) mass is 423 g/mol. The van der Waals surface area contributed by atoms with Crippen molar-refractivity contribution in [1.29, 1.82) is 0 Å². The highest BCUT2D eigenvalue weighted by atomic mass is 16.6. The van der Waals surface area contributed by atoms with Gasteiger partial charge < -0.3 is 21.4 Å². The van der Waals surface area contributed by atoms with Crippen LogP contribution in [0.15, 0.2) is 36.7 Å². The third-order valence-corrected chi connectivity index (χ3v) is 6.18. The van der Waals surface area contributed by atoms with Crippen LogP contribution in [0, 0.1) is 22.0 Å². The Labute approximate surface area is 181 Å². The predicted molar refractivity (Wildman–Crippen MR) is 122 cm³/mol. The molecule has 31 heavy (non-hydrogen) atoms. The standard InChI is InChI=1S/C22H29N7O2/c23-11-15-5-7-16(8-6-15)12-26-21-20(29(30)31)14-27-22(28-21)24-10-9-17-13-25-19-4-2-1-3-18(17)19/h1-4,13-16,25H,5-12,23H2,(H2,24,26,27,28). The van der Waals surface area contributed by atoms with Gasteiger partial charge in [0.25, 0.3) is 0 Å². The molecule has 164 valence electrons. The fourth-order valence-corrected chi connectivity index (χ4v) is 4.28. The largest absolute Gasteiger partial charge is 0.364 e. The van der Waals surface area contributed by atoms with Crippen LogP contribution in [0.4, 0.5) is 17.5 Å². The number of aromatic amines is 1. The van der Waals surface area contributed by atoms with Gasteiger partial charge in [0.05, 0.1) is 4.92 Å². The van der Waals surface area contributed by atoms with E-state index in [-0.39, 0.29) is 11.5 Å². The van der Waals surface area contributed by atoms with E-state index in [1.54, 1.807) is 0 Å². The average molecular weight is 424 g/mol. The molecule has 1 aliphatic rings. The number of anilines is 2. The Bertz CT molecular complexity index is 1030. The molecule has 1 aliphatic carbocycles. The van der Waals surface area contributed by atoms with Crippen LogP contribution in [0.2, 0.25) is 0 Å². The highest BCUT2D eigenvalue weighted by Gasteiger charge is 2.22. The maximum atomic E-state index is 11.4. The van der Waals surface area contributed by atoms with Crippen LogP contribution in [-0.4, -0.2) is 39.5 Å². The zero-order chi connectivity index (χ0) is 21.6. The number of hydrogen-bond acceptors (Lipinski definition) is 7.